The van der Waals surface area contributed by atoms with E-state index in [9.17, 15) is 0 Å². The molecule has 0 fully saturated rings. The highest BCUT2D eigenvalue weighted by molar-refractivity contribution is 5.47. The minimum atomic E-state index is 0.245. The van der Waals surface area contributed by atoms with Crippen LogP contribution in [0.15, 0.2) is 24.3 Å². The Morgan fingerprint density at radius 3 is 2.56 bits per heavy atom. The van der Waals surface area contributed by atoms with E-state index in [1.165, 1.54) is 11.3 Å². The lowest BCUT2D eigenvalue weighted by atomic mass is 9.84. The largest absolute Gasteiger partial charge is 0.374 e. The van der Waals surface area contributed by atoms with Crippen molar-refractivity contribution in [1.29, 1.82) is 0 Å². The Hall–Kier alpha value is -1.02. The third kappa shape index (κ3) is 4.02. The molecule has 1 aromatic rings. The quantitative estimate of drug-likeness (QED) is 0.829. The van der Waals surface area contributed by atoms with E-state index in [-0.39, 0.29) is 5.41 Å². The predicted molar refractivity (Wildman–Crippen MR) is 81.4 cm³/mol. The van der Waals surface area contributed by atoms with Crippen LogP contribution in [0.5, 0.6) is 0 Å². The van der Waals surface area contributed by atoms with Crippen molar-refractivity contribution < 1.29 is 0 Å². The maximum Gasteiger partial charge on any atom is 0.0366 e. The fourth-order valence-electron chi connectivity index (χ4n) is 2.29. The van der Waals surface area contributed by atoms with Crippen molar-refractivity contribution in [2.75, 3.05) is 25.0 Å². The molecule has 18 heavy (non-hydrogen) atoms. The van der Waals surface area contributed by atoms with Gasteiger partial charge in [-0.3, -0.25) is 0 Å². The van der Waals surface area contributed by atoms with Crippen LogP contribution in [0, 0.1) is 12.3 Å². The van der Waals surface area contributed by atoms with Crippen LogP contribution in [0.3, 0.4) is 0 Å². The van der Waals surface area contributed by atoms with E-state index in [0.717, 1.165) is 13.1 Å². The summed E-state index contributed by atoms with van der Waals surface area (Å²) in [7, 11) is 2.18. The average Bonchev–Trinajstić information content (AvgIpc) is 2.28. The molecule has 0 bridgehead atoms. The maximum atomic E-state index is 3.53. The highest BCUT2D eigenvalue weighted by Gasteiger charge is 2.26. The monoisotopic (exact) mass is 248 g/mol. The van der Waals surface area contributed by atoms with Crippen molar-refractivity contribution in [3.05, 3.63) is 29.8 Å². The minimum Gasteiger partial charge on any atom is -0.374 e. The van der Waals surface area contributed by atoms with Gasteiger partial charge in [-0.15, -0.1) is 0 Å². The molecule has 1 N–H and O–H groups in total. The third-order valence-electron chi connectivity index (χ3n) is 3.77. The normalized spacial score (nSPS) is 13.4. The van der Waals surface area contributed by atoms with Gasteiger partial charge < -0.3 is 10.2 Å². The number of hydrogen-bond acceptors (Lipinski definition) is 2. The Morgan fingerprint density at radius 1 is 1.33 bits per heavy atom. The average molecular weight is 248 g/mol. The Morgan fingerprint density at radius 2 is 2.00 bits per heavy atom. The van der Waals surface area contributed by atoms with Crippen molar-refractivity contribution in [3.63, 3.8) is 0 Å². The summed E-state index contributed by atoms with van der Waals surface area (Å²) in [6.07, 6.45) is 0. The first-order valence-corrected chi connectivity index (χ1v) is 6.88. The molecule has 1 rings (SSSR count). The van der Waals surface area contributed by atoms with Crippen molar-refractivity contribution in [3.8, 4) is 0 Å². The second kappa shape index (κ2) is 6.24. The highest BCUT2D eigenvalue weighted by Crippen LogP contribution is 2.25. The van der Waals surface area contributed by atoms with Crippen molar-refractivity contribution in [1.82, 2.24) is 5.32 Å². The molecule has 0 aliphatic heterocycles. The number of aryl methyl sites for hydroxylation is 1. The zero-order valence-corrected chi connectivity index (χ0v) is 12.7. The molecule has 0 aliphatic carbocycles. The molecule has 0 saturated carbocycles. The molecule has 2 nitrogen and oxygen atoms in total. The summed E-state index contributed by atoms with van der Waals surface area (Å²) in [6, 6.07) is 9.20. The fraction of sp³-hybridized carbons (Fsp3) is 0.625. The van der Waals surface area contributed by atoms with E-state index in [1.807, 2.05) is 0 Å². The van der Waals surface area contributed by atoms with Gasteiger partial charge in [0, 0.05) is 25.3 Å². The number of nitrogens with one attached hydrogen (secondary N) is 1. The van der Waals surface area contributed by atoms with Gasteiger partial charge in [0.25, 0.3) is 0 Å². The molecule has 0 saturated heterocycles. The van der Waals surface area contributed by atoms with Crippen LogP contribution in [-0.2, 0) is 0 Å². The summed E-state index contributed by atoms with van der Waals surface area (Å²) in [4.78, 5) is 2.35. The SMILES string of the molecule is CCNC(C)C(C)(C)CN(C)c1cccc(C)c1. The highest BCUT2D eigenvalue weighted by atomic mass is 15.1. The van der Waals surface area contributed by atoms with Gasteiger partial charge in [0.05, 0.1) is 0 Å². The lowest BCUT2D eigenvalue weighted by molar-refractivity contribution is 0.266. The Balaban J connectivity index is 2.71. The van der Waals surface area contributed by atoms with Gasteiger partial charge in [-0.1, -0.05) is 32.9 Å². The van der Waals surface area contributed by atoms with Crippen LogP contribution in [0.1, 0.15) is 33.3 Å². The molecule has 1 aromatic carbocycles. The van der Waals surface area contributed by atoms with Gasteiger partial charge in [0.1, 0.15) is 0 Å². The smallest absolute Gasteiger partial charge is 0.0366 e. The van der Waals surface area contributed by atoms with Gasteiger partial charge in [-0.05, 0) is 43.5 Å². The van der Waals surface area contributed by atoms with Gasteiger partial charge in [-0.2, -0.15) is 0 Å². The van der Waals surface area contributed by atoms with E-state index in [2.05, 4.69) is 76.1 Å². The van der Waals surface area contributed by atoms with Crippen LogP contribution >= 0.6 is 0 Å². The van der Waals surface area contributed by atoms with Crippen molar-refractivity contribution in [2.24, 2.45) is 5.41 Å². The van der Waals surface area contributed by atoms with E-state index in [1.54, 1.807) is 0 Å². The number of hydrogen-bond donors (Lipinski definition) is 1. The van der Waals surface area contributed by atoms with E-state index in [4.69, 9.17) is 0 Å². The van der Waals surface area contributed by atoms with E-state index in [0.29, 0.717) is 6.04 Å². The Labute approximate surface area is 112 Å². The van der Waals surface area contributed by atoms with Crippen LogP contribution in [0.2, 0.25) is 0 Å². The van der Waals surface area contributed by atoms with Gasteiger partial charge in [-0.25, -0.2) is 0 Å². The molecule has 0 amide bonds. The Bertz CT molecular complexity index is 371. The molecule has 0 aromatic heterocycles. The third-order valence-corrected chi connectivity index (χ3v) is 3.77. The Kier molecular flexibility index (Phi) is 5.21. The molecular formula is C16H28N2. The zero-order chi connectivity index (χ0) is 13.8. The lowest BCUT2D eigenvalue weighted by Gasteiger charge is -2.37. The van der Waals surface area contributed by atoms with Gasteiger partial charge >= 0.3 is 0 Å². The van der Waals surface area contributed by atoms with Crippen molar-refractivity contribution >= 4 is 5.69 Å². The first kappa shape index (κ1) is 15.0. The molecule has 0 heterocycles. The van der Waals surface area contributed by atoms with Crippen LogP contribution in [0.25, 0.3) is 0 Å². The zero-order valence-electron chi connectivity index (χ0n) is 12.7. The standard InChI is InChI=1S/C16H28N2/c1-7-17-14(3)16(4,5)12-18(6)15-10-8-9-13(2)11-15/h8-11,14,17H,7,12H2,1-6H3. The molecule has 1 unspecified atom stereocenters. The summed E-state index contributed by atoms with van der Waals surface area (Å²) in [5.41, 5.74) is 2.86. The topological polar surface area (TPSA) is 15.3 Å². The van der Waals surface area contributed by atoms with E-state index < -0.39 is 0 Å². The number of rotatable bonds is 6. The summed E-state index contributed by atoms with van der Waals surface area (Å²) >= 11 is 0. The molecule has 102 valence electrons. The van der Waals surface area contributed by atoms with E-state index >= 15 is 0 Å². The predicted octanol–water partition coefficient (Wildman–Crippen LogP) is 3.46. The maximum absolute atomic E-state index is 3.53. The van der Waals surface area contributed by atoms with Gasteiger partial charge in [0.2, 0.25) is 0 Å². The first-order valence-electron chi connectivity index (χ1n) is 6.88. The first-order chi connectivity index (χ1) is 8.36. The molecule has 0 radical (unpaired) electrons. The second-order valence-electron chi connectivity index (χ2n) is 5.96. The lowest BCUT2D eigenvalue weighted by Crippen LogP contribution is -2.46. The fourth-order valence-corrected chi connectivity index (χ4v) is 2.29. The summed E-state index contributed by atoms with van der Waals surface area (Å²) in [6.45, 7) is 13.3. The van der Waals surface area contributed by atoms with Crippen LogP contribution in [0.4, 0.5) is 5.69 Å². The summed E-state index contributed by atoms with van der Waals surface area (Å²) in [5.74, 6) is 0. The minimum absolute atomic E-state index is 0.245. The van der Waals surface area contributed by atoms with Crippen LogP contribution in [-0.4, -0.2) is 26.2 Å². The molecule has 1 atom stereocenters. The van der Waals surface area contributed by atoms with Crippen molar-refractivity contribution in [2.45, 2.75) is 40.7 Å². The van der Waals surface area contributed by atoms with Gasteiger partial charge in [0.15, 0.2) is 0 Å². The molecule has 0 aliphatic rings. The molecular weight excluding hydrogens is 220 g/mol. The second-order valence-corrected chi connectivity index (χ2v) is 5.96. The summed E-state index contributed by atoms with van der Waals surface area (Å²) < 4.78 is 0. The molecule has 0 spiro atoms. The number of nitrogens with zero attached hydrogens (tertiary/aromatic N) is 1. The summed E-state index contributed by atoms with van der Waals surface area (Å²) in [5, 5.41) is 3.53. The van der Waals surface area contributed by atoms with Crippen LogP contribution < -0.4 is 10.2 Å². The number of benzene rings is 1. The molecule has 2 heteroatoms. The number of anilines is 1.